The Bertz CT molecular complexity index is 377. The van der Waals surface area contributed by atoms with Gasteiger partial charge in [-0.15, -0.1) is 0 Å². The van der Waals surface area contributed by atoms with Crippen molar-refractivity contribution in [1.29, 1.82) is 0 Å². The molecule has 0 heterocycles. The van der Waals surface area contributed by atoms with Gasteiger partial charge in [-0.3, -0.25) is 4.79 Å². The van der Waals surface area contributed by atoms with Gasteiger partial charge in [0.1, 0.15) is 0 Å². The summed E-state index contributed by atoms with van der Waals surface area (Å²) in [6.07, 6.45) is 0. The van der Waals surface area contributed by atoms with Gasteiger partial charge in [-0.2, -0.15) is 0 Å². The normalized spacial score (nSPS) is 9.67. The molecule has 0 aliphatic carbocycles. The first kappa shape index (κ1) is 11.2. The number of benzene rings is 1. The lowest BCUT2D eigenvalue weighted by Crippen LogP contribution is -2.22. The largest absolute Gasteiger partial charge is 0.478 e. The quantitative estimate of drug-likeness (QED) is 0.648. The number of Topliss-reactive ketones (excluding diaryl/α,β-unsaturated/α-hetero) is 1. The first-order valence-electron chi connectivity index (χ1n) is 4.43. The molecule has 0 spiro atoms. The van der Waals surface area contributed by atoms with Crippen LogP contribution in [0.2, 0.25) is 0 Å². The summed E-state index contributed by atoms with van der Waals surface area (Å²) in [5.41, 5.74) is 5.69. The molecule has 4 N–H and O–H groups in total. The van der Waals surface area contributed by atoms with E-state index in [0.717, 1.165) is 0 Å². The molecule has 15 heavy (non-hydrogen) atoms. The lowest BCUT2D eigenvalue weighted by Gasteiger charge is -2.07. The van der Waals surface area contributed by atoms with Crippen LogP contribution in [0.1, 0.15) is 10.4 Å². The number of hydrogen-bond acceptors (Lipinski definition) is 4. The van der Waals surface area contributed by atoms with Gasteiger partial charge in [0.2, 0.25) is 0 Å². The van der Waals surface area contributed by atoms with Gasteiger partial charge in [-0.1, -0.05) is 12.1 Å². The molecule has 0 saturated carbocycles. The SMILES string of the molecule is NCC(=O)CNc1ccccc1C(=O)O. The van der Waals surface area contributed by atoms with Gasteiger partial charge in [0, 0.05) is 5.69 Å². The Labute approximate surface area is 86.9 Å². The van der Waals surface area contributed by atoms with Crippen LogP contribution in [0.5, 0.6) is 0 Å². The molecule has 0 amide bonds. The highest BCUT2D eigenvalue weighted by molar-refractivity contribution is 5.95. The van der Waals surface area contributed by atoms with E-state index in [1.54, 1.807) is 18.2 Å². The Kier molecular flexibility index (Phi) is 3.82. The number of carboxylic acids is 1. The molecule has 1 rings (SSSR count). The molecule has 0 unspecified atom stereocenters. The van der Waals surface area contributed by atoms with Crippen LogP contribution < -0.4 is 11.1 Å². The van der Waals surface area contributed by atoms with Gasteiger partial charge in [0.05, 0.1) is 18.7 Å². The highest BCUT2D eigenvalue weighted by Gasteiger charge is 2.08. The van der Waals surface area contributed by atoms with Crippen LogP contribution in [-0.4, -0.2) is 29.9 Å². The van der Waals surface area contributed by atoms with Crippen LogP contribution in [-0.2, 0) is 4.79 Å². The average Bonchev–Trinajstić information content (AvgIpc) is 2.26. The molecule has 0 fully saturated rings. The van der Waals surface area contributed by atoms with Crippen LogP contribution in [0, 0.1) is 0 Å². The van der Waals surface area contributed by atoms with Crippen LogP contribution in [0.15, 0.2) is 24.3 Å². The van der Waals surface area contributed by atoms with Crippen molar-refractivity contribution in [3.63, 3.8) is 0 Å². The van der Waals surface area contributed by atoms with Crippen LogP contribution >= 0.6 is 0 Å². The molecule has 80 valence electrons. The lowest BCUT2D eigenvalue weighted by atomic mass is 10.2. The number of aromatic carboxylic acids is 1. The molecular formula is C10H12N2O3. The first-order valence-corrected chi connectivity index (χ1v) is 4.43. The fourth-order valence-corrected chi connectivity index (χ4v) is 1.09. The minimum Gasteiger partial charge on any atom is -0.478 e. The second-order valence-electron chi connectivity index (χ2n) is 2.95. The van der Waals surface area contributed by atoms with Crippen molar-refractivity contribution in [3.8, 4) is 0 Å². The van der Waals surface area contributed by atoms with Gasteiger partial charge in [-0.25, -0.2) is 4.79 Å². The molecule has 0 saturated heterocycles. The molecule has 0 aromatic heterocycles. The summed E-state index contributed by atoms with van der Waals surface area (Å²) in [5, 5.41) is 11.6. The Hall–Kier alpha value is -1.88. The van der Waals surface area contributed by atoms with E-state index in [1.807, 2.05) is 0 Å². The number of nitrogens with one attached hydrogen (secondary N) is 1. The van der Waals surface area contributed by atoms with Crippen LogP contribution in [0.25, 0.3) is 0 Å². The number of rotatable bonds is 5. The second kappa shape index (κ2) is 5.11. The minimum absolute atomic E-state index is 0.0425. The molecule has 0 radical (unpaired) electrons. The summed E-state index contributed by atoms with van der Waals surface area (Å²) in [6.45, 7) is -0.0109. The third-order valence-electron chi connectivity index (χ3n) is 1.86. The Morgan fingerprint density at radius 2 is 2.00 bits per heavy atom. The highest BCUT2D eigenvalue weighted by atomic mass is 16.4. The standard InChI is InChI=1S/C10H12N2O3/c11-5-7(13)6-12-9-4-2-1-3-8(9)10(14)15/h1-4,12H,5-6,11H2,(H,14,15). The summed E-state index contributed by atoms with van der Waals surface area (Å²) < 4.78 is 0. The topological polar surface area (TPSA) is 92.4 Å². The molecule has 0 atom stereocenters. The third-order valence-corrected chi connectivity index (χ3v) is 1.86. The number of carbonyl (C=O) groups excluding carboxylic acids is 1. The number of carbonyl (C=O) groups is 2. The molecular weight excluding hydrogens is 196 g/mol. The van der Waals surface area contributed by atoms with Gasteiger partial charge in [0.25, 0.3) is 0 Å². The summed E-state index contributed by atoms with van der Waals surface area (Å²) >= 11 is 0. The van der Waals surface area contributed by atoms with Crippen molar-refractivity contribution < 1.29 is 14.7 Å². The van der Waals surface area contributed by atoms with E-state index in [4.69, 9.17) is 10.8 Å². The lowest BCUT2D eigenvalue weighted by molar-refractivity contribution is -0.116. The number of anilines is 1. The van der Waals surface area contributed by atoms with E-state index in [2.05, 4.69) is 5.32 Å². The zero-order valence-electron chi connectivity index (χ0n) is 8.06. The zero-order valence-corrected chi connectivity index (χ0v) is 8.06. The van der Waals surface area contributed by atoms with Gasteiger partial charge in [-0.05, 0) is 12.1 Å². The van der Waals surface area contributed by atoms with E-state index in [1.165, 1.54) is 6.07 Å². The fraction of sp³-hybridized carbons (Fsp3) is 0.200. The Morgan fingerprint density at radius 3 is 2.60 bits per heavy atom. The van der Waals surface area contributed by atoms with E-state index in [-0.39, 0.29) is 24.4 Å². The van der Waals surface area contributed by atoms with E-state index < -0.39 is 5.97 Å². The maximum atomic E-state index is 10.9. The van der Waals surface area contributed by atoms with Crippen molar-refractivity contribution in [2.45, 2.75) is 0 Å². The molecule has 5 heteroatoms. The van der Waals surface area contributed by atoms with Gasteiger partial charge in [0.15, 0.2) is 5.78 Å². The fourth-order valence-electron chi connectivity index (χ4n) is 1.09. The van der Waals surface area contributed by atoms with Crippen molar-refractivity contribution in [3.05, 3.63) is 29.8 Å². The maximum Gasteiger partial charge on any atom is 0.337 e. The number of hydrogen-bond donors (Lipinski definition) is 3. The maximum absolute atomic E-state index is 10.9. The second-order valence-corrected chi connectivity index (χ2v) is 2.95. The number of carboxylic acid groups (broad SMARTS) is 1. The third kappa shape index (κ3) is 3.07. The zero-order chi connectivity index (χ0) is 11.3. The molecule has 0 aliphatic rings. The van der Waals surface area contributed by atoms with E-state index >= 15 is 0 Å². The number of nitrogens with two attached hydrogens (primary N) is 1. The average molecular weight is 208 g/mol. The smallest absolute Gasteiger partial charge is 0.337 e. The Morgan fingerprint density at radius 1 is 1.33 bits per heavy atom. The summed E-state index contributed by atoms with van der Waals surface area (Å²) in [5.74, 6) is -1.20. The van der Waals surface area contributed by atoms with Crippen molar-refractivity contribution >= 4 is 17.4 Å². The van der Waals surface area contributed by atoms with E-state index in [0.29, 0.717) is 5.69 Å². The van der Waals surface area contributed by atoms with Crippen LogP contribution in [0.4, 0.5) is 5.69 Å². The number of para-hydroxylation sites is 1. The van der Waals surface area contributed by atoms with Crippen molar-refractivity contribution in [2.75, 3.05) is 18.4 Å². The monoisotopic (exact) mass is 208 g/mol. The molecule has 1 aromatic rings. The summed E-state index contributed by atoms with van der Waals surface area (Å²) in [4.78, 5) is 21.7. The molecule has 1 aromatic carbocycles. The summed E-state index contributed by atoms with van der Waals surface area (Å²) in [6, 6.07) is 6.39. The minimum atomic E-state index is -1.03. The molecule has 5 nitrogen and oxygen atoms in total. The highest BCUT2D eigenvalue weighted by Crippen LogP contribution is 2.14. The number of ketones is 1. The predicted octanol–water partition coefficient (Wildman–Crippen LogP) is 0.324. The molecule has 0 bridgehead atoms. The first-order chi connectivity index (χ1) is 7.15. The Balaban J connectivity index is 2.76. The van der Waals surface area contributed by atoms with Gasteiger partial charge < -0.3 is 16.2 Å². The van der Waals surface area contributed by atoms with Crippen LogP contribution in [0.3, 0.4) is 0 Å². The summed E-state index contributed by atoms with van der Waals surface area (Å²) in [7, 11) is 0. The van der Waals surface area contributed by atoms with Crippen molar-refractivity contribution in [1.82, 2.24) is 0 Å². The van der Waals surface area contributed by atoms with E-state index in [9.17, 15) is 9.59 Å². The van der Waals surface area contributed by atoms with Gasteiger partial charge >= 0.3 is 5.97 Å². The predicted molar refractivity (Wildman–Crippen MR) is 56.0 cm³/mol. The molecule has 0 aliphatic heterocycles. The van der Waals surface area contributed by atoms with Crippen molar-refractivity contribution in [2.24, 2.45) is 5.73 Å².